The van der Waals surface area contributed by atoms with E-state index < -0.39 is 0 Å². The lowest BCUT2D eigenvalue weighted by atomic mass is 10.2. The molecule has 1 aliphatic heterocycles. The van der Waals surface area contributed by atoms with E-state index in [1.54, 1.807) is 6.92 Å². The first-order valence-corrected chi connectivity index (χ1v) is 10.6. The molecule has 1 aliphatic rings. The Bertz CT molecular complexity index is 1060. The summed E-state index contributed by atoms with van der Waals surface area (Å²) in [5.74, 6) is 0.859. The van der Waals surface area contributed by atoms with Gasteiger partial charge >= 0.3 is 0 Å². The van der Waals surface area contributed by atoms with Crippen molar-refractivity contribution in [1.82, 2.24) is 14.5 Å². The van der Waals surface area contributed by atoms with Crippen LogP contribution >= 0.6 is 0 Å². The van der Waals surface area contributed by atoms with Gasteiger partial charge in [0.25, 0.3) is 0 Å². The molecule has 0 unspecified atom stereocenters. The van der Waals surface area contributed by atoms with Crippen molar-refractivity contribution >= 4 is 28.5 Å². The molecule has 0 aliphatic carbocycles. The van der Waals surface area contributed by atoms with Gasteiger partial charge in [-0.2, -0.15) is 0 Å². The van der Waals surface area contributed by atoms with E-state index in [0.717, 1.165) is 41.9 Å². The summed E-state index contributed by atoms with van der Waals surface area (Å²) in [5.41, 5.74) is 2.66. The number of imidazole rings is 1. The van der Waals surface area contributed by atoms with E-state index in [4.69, 9.17) is 4.98 Å². The summed E-state index contributed by atoms with van der Waals surface area (Å²) in [7, 11) is 0. The van der Waals surface area contributed by atoms with E-state index in [1.165, 1.54) is 0 Å². The first-order chi connectivity index (χ1) is 14.5. The molecule has 156 valence electrons. The van der Waals surface area contributed by atoms with Crippen molar-refractivity contribution in [1.29, 1.82) is 0 Å². The first kappa shape index (κ1) is 20.1. The molecule has 1 fully saturated rings. The van der Waals surface area contributed by atoms with Crippen LogP contribution in [0.25, 0.3) is 11.0 Å². The quantitative estimate of drug-likeness (QED) is 0.642. The maximum atomic E-state index is 13.5. The van der Waals surface area contributed by atoms with Crippen molar-refractivity contribution in [2.24, 2.45) is 0 Å². The molecule has 0 bridgehead atoms. The Balaban J connectivity index is 1.74. The summed E-state index contributed by atoms with van der Waals surface area (Å²) < 4.78 is 2.00. The van der Waals surface area contributed by atoms with Crippen LogP contribution in [0.2, 0.25) is 0 Å². The van der Waals surface area contributed by atoms with Crippen LogP contribution in [0.15, 0.2) is 54.6 Å². The molecule has 0 spiro atoms. The minimum atomic E-state index is -0.0908. The first-order valence-electron chi connectivity index (χ1n) is 10.6. The Morgan fingerprint density at radius 3 is 2.50 bits per heavy atom. The number of benzene rings is 2. The van der Waals surface area contributed by atoms with Crippen LogP contribution < -0.4 is 4.90 Å². The lowest BCUT2D eigenvalue weighted by Gasteiger charge is -2.28. The molecule has 3 aromatic rings. The number of para-hydroxylation sites is 3. The normalized spacial score (nSPS) is 16.4. The molecule has 1 atom stereocenters. The smallest absolute Gasteiger partial charge is 0.247 e. The van der Waals surface area contributed by atoms with Gasteiger partial charge in [-0.3, -0.25) is 9.59 Å². The number of aromatic nitrogens is 2. The Morgan fingerprint density at radius 1 is 1.10 bits per heavy atom. The second-order valence-electron chi connectivity index (χ2n) is 8.11. The standard InChI is InChI=1S/C24H28N4O2/c1-17(2)28(19-10-5-4-6-11-19)23(30)16-27-21-13-8-7-12-20(21)25-24(27)22-14-9-15-26(22)18(3)29/h4-8,10-13,17,22H,9,14-16H2,1-3H3/t22-/m1/s1. The fourth-order valence-electron chi connectivity index (χ4n) is 4.46. The van der Waals surface area contributed by atoms with Crippen LogP contribution in [0, 0.1) is 0 Å². The second kappa shape index (κ2) is 8.30. The molecule has 6 heteroatoms. The van der Waals surface area contributed by atoms with Crippen molar-refractivity contribution in [3.8, 4) is 0 Å². The van der Waals surface area contributed by atoms with Gasteiger partial charge in [0.2, 0.25) is 11.8 Å². The van der Waals surface area contributed by atoms with Gasteiger partial charge in [-0.15, -0.1) is 0 Å². The second-order valence-corrected chi connectivity index (χ2v) is 8.11. The zero-order valence-corrected chi connectivity index (χ0v) is 17.8. The summed E-state index contributed by atoms with van der Waals surface area (Å²) in [6, 6.07) is 17.6. The van der Waals surface area contributed by atoms with Crippen LogP contribution in [0.5, 0.6) is 0 Å². The molecule has 30 heavy (non-hydrogen) atoms. The van der Waals surface area contributed by atoms with Gasteiger partial charge in [0.05, 0.1) is 17.1 Å². The predicted octanol–water partition coefficient (Wildman–Crippen LogP) is 4.16. The summed E-state index contributed by atoms with van der Waals surface area (Å²) >= 11 is 0. The molecular formula is C24H28N4O2. The monoisotopic (exact) mass is 404 g/mol. The lowest BCUT2D eigenvalue weighted by molar-refractivity contribution is -0.129. The SMILES string of the molecule is CC(=O)N1CCC[C@@H]1c1nc2ccccc2n1CC(=O)N(c1ccccc1)C(C)C. The van der Waals surface area contributed by atoms with Gasteiger partial charge in [0.1, 0.15) is 12.4 Å². The van der Waals surface area contributed by atoms with Crippen molar-refractivity contribution in [2.45, 2.75) is 52.2 Å². The molecule has 1 saturated heterocycles. The molecule has 6 nitrogen and oxygen atoms in total. The van der Waals surface area contributed by atoms with Gasteiger partial charge in [-0.05, 0) is 51.0 Å². The fraction of sp³-hybridized carbons (Fsp3) is 0.375. The fourth-order valence-corrected chi connectivity index (χ4v) is 4.46. The maximum absolute atomic E-state index is 13.5. The predicted molar refractivity (Wildman–Crippen MR) is 118 cm³/mol. The van der Waals surface area contributed by atoms with E-state index in [-0.39, 0.29) is 30.4 Å². The summed E-state index contributed by atoms with van der Waals surface area (Å²) in [6.45, 7) is 6.56. The van der Waals surface area contributed by atoms with Crippen molar-refractivity contribution in [2.75, 3.05) is 11.4 Å². The maximum Gasteiger partial charge on any atom is 0.247 e. The molecule has 0 radical (unpaired) electrons. The van der Waals surface area contributed by atoms with Gasteiger partial charge in [0.15, 0.2) is 0 Å². The van der Waals surface area contributed by atoms with Crippen LogP contribution in [-0.2, 0) is 16.1 Å². The number of fused-ring (bicyclic) bond motifs is 1. The molecule has 0 saturated carbocycles. The minimum absolute atomic E-state index is 0.00738. The highest BCUT2D eigenvalue weighted by molar-refractivity contribution is 5.94. The van der Waals surface area contributed by atoms with Gasteiger partial charge < -0.3 is 14.4 Å². The number of nitrogens with zero attached hydrogens (tertiary/aromatic N) is 4. The average molecular weight is 405 g/mol. The molecule has 2 heterocycles. The third-order valence-electron chi connectivity index (χ3n) is 5.75. The summed E-state index contributed by atoms with van der Waals surface area (Å²) in [4.78, 5) is 34.2. The number of hydrogen-bond donors (Lipinski definition) is 0. The Kier molecular flexibility index (Phi) is 5.57. The number of amides is 2. The number of hydrogen-bond acceptors (Lipinski definition) is 3. The Hall–Kier alpha value is -3.15. The van der Waals surface area contributed by atoms with E-state index >= 15 is 0 Å². The van der Waals surface area contributed by atoms with Crippen molar-refractivity contribution in [3.05, 3.63) is 60.4 Å². The van der Waals surface area contributed by atoms with Crippen LogP contribution in [0.3, 0.4) is 0 Å². The minimum Gasteiger partial charge on any atom is -0.333 e. The molecule has 2 amide bonds. The van der Waals surface area contributed by atoms with Gasteiger partial charge in [-0.1, -0.05) is 30.3 Å². The largest absolute Gasteiger partial charge is 0.333 e. The van der Waals surface area contributed by atoms with Gasteiger partial charge in [0, 0.05) is 25.2 Å². The van der Waals surface area contributed by atoms with E-state index in [9.17, 15) is 9.59 Å². The Morgan fingerprint density at radius 2 is 1.80 bits per heavy atom. The van der Waals surface area contributed by atoms with Crippen LogP contribution in [-0.4, -0.2) is 38.9 Å². The topological polar surface area (TPSA) is 58.4 Å². The number of carbonyl (C=O) groups is 2. The van der Waals surface area contributed by atoms with E-state index in [2.05, 4.69) is 0 Å². The number of carbonyl (C=O) groups excluding carboxylic acids is 2. The van der Waals surface area contributed by atoms with E-state index in [0.29, 0.717) is 0 Å². The highest BCUT2D eigenvalue weighted by Crippen LogP contribution is 2.33. The highest BCUT2D eigenvalue weighted by atomic mass is 16.2. The third-order valence-corrected chi connectivity index (χ3v) is 5.75. The van der Waals surface area contributed by atoms with Crippen molar-refractivity contribution in [3.63, 3.8) is 0 Å². The van der Waals surface area contributed by atoms with Crippen LogP contribution in [0.1, 0.15) is 45.5 Å². The third kappa shape index (κ3) is 3.70. The molecule has 1 aromatic heterocycles. The summed E-state index contributed by atoms with van der Waals surface area (Å²) in [5, 5.41) is 0. The Labute approximate surface area is 177 Å². The summed E-state index contributed by atoms with van der Waals surface area (Å²) in [6.07, 6.45) is 1.81. The van der Waals surface area contributed by atoms with Crippen LogP contribution in [0.4, 0.5) is 5.69 Å². The zero-order valence-electron chi connectivity index (χ0n) is 17.8. The zero-order chi connectivity index (χ0) is 21.3. The van der Waals surface area contributed by atoms with E-state index in [1.807, 2.05) is 82.8 Å². The molecule has 2 aromatic carbocycles. The lowest BCUT2D eigenvalue weighted by Crippen LogP contribution is -2.40. The highest BCUT2D eigenvalue weighted by Gasteiger charge is 2.33. The van der Waals surface area contributed by atoms with Gasteiger partial charge in [-0.25, -0.2) is 4.98 Å². The molecular weight excluding hydrogens is 376 g/mol. The average Bonchev–Trinajstić information content (AvgIpc) is 3.34. The van der Waals surface area contributed by atoms with Crippen molar-refractivity contribution < 1.29 is 9.59 Å². The number of likely N-dealkylation sites (tertiary alicyclic amines) is 1. The number of rotatable bonds is 5. The molecule has 0 N–H and O–H groups in total. The molecule has 4 rings (SSSR count). The number of anilines is 1.